The Balaban J connectivity index is 1.62. The van der Waals surface area contributed by atoms with Crippen molar-refractivity contribution < 1.29 is 27.2 Å². The number of hydrogen-bond acceptors (Lipinski definition) is 5. The lowest BCUT2D eigenvalue weighted by atomic mass is 9.91. The quantitative estimate of drug-likeness (QED) is 0.596. The van der Waals surface area contributed by atoms with Gasteiger partial charge in [-0.15, -0.1) is 0 Å². The number of alkyl halides is 3. The Morgan fingerprint density at radius 2 is 2.03 bits per heavy atom. The maximum absolute atomic E-state index is 13.7. The van der Waals surface area contributed by atoms with E-state index in [4.69, 9.17) is 9.26 Å². The van der Waals surface area contributed by atoms with Crippen molar-refractivity contribution in [1.29, 1.82) is 0 Å². The van der Waals surface area contributed by atoms with Gasteiger partial charge in [-0.25, -0.2) is 4.98 Å². The van der Waals surface area contributed by atoms with Crippen LogP contribution in [0.4, 0.5) is 13.2 Å². The Morgan fingerprint density at radius 3 is 2.71 bits per heavy atom. The van der Waals surface area contributed by atoms with Crippen LogP contribution >= 0.6 is 0 Å². The largest absolute Gasteiger partial charge is 0.417 e. The first-order valence-corrected chi connectivity index (χ1v) is 9.99. The SMILES string of the molecule is COCc1ccc(C(=O)N2CCC[C@@H](c3noc4nc(C)cc(C(F)(F)F)c34)C2)cc1. The van der Waals surface area contributed by atoms with E-state index < -0.39 is 11.7 Å². The molecular formula is C22H22F3N3O3. The van der Waals surface area contributed by atoms with Gasteiger partial charge in [-0.1, -0.05) is 17.3 Å². The molecule has 1 saturated heterocycles. The van der Waals surface area contributed by atoms with Gasteiger partial charge in [-0.3, -0.25) is 4.79 Å². The fraction of sp³-hybridized carbons (Fsp3) is 0.409. The first kappa shape index (κ1) is 21.3. The summed E-state index contributed by atoms with van der Waals surface area (Å²) in [5.74, 6) is -0.524. The van der Waals surface area contributed by atoms with Crippen LogP contribution in [-0.4, -0.2) is 41.1 Å². The summed E-state index contributed by atoms with van der Waals surface area (Å²) in [5.41, 5.74) is 0.969. The van der Waals surface area contributed by atoms with Crippen LogP contribution in [0.3, 0.4) is 0 Å². The van der Waals surface area contributed by atoms with Crippen molar-refractivity contribution in [2.75, 3.05) is 20.2 Å². The van der Waals surface area contributed by atoms with Gasteiger partial charge in [0, 0.05) is 37.4 Å². The molecule has 0 N–H and O–H groups in total. The molecule has 164 valence electrons. The van der Waals surface area contributed by atoms with E-state index in [-0.39, 0.29) is 40.9 Å². The summed E-state index contributed by atoms with van der Waals surface area (Å²) in [5, 5.41) is 3.83. The minimum atomic E-state index is -4.56. The number of benzene rings is 1. The number of piperidine rings is 1. The number of halogens is 3. The van der Waals surface area contributed by atoms with Gasteiger partial charge in [0.15, 0.2) is 0 Å². The predicted octanol–water partition coefficient (Wildman–Crippen LogP) is 4.72. The molecule has 4 rings (SSSR count). The van der Waals surface area contributed by atoms with Crippen LogP contribution in [0.1, 0.15) is 51.6 Å². The van der Waals surface area contributed by atoms with E-state index in [0.29, 0.717) is 31.6 Å². The van der Waals surface area contributed by atoms with Gasteiger partial charge >= 0.3 is 6.18 Å². The van der Waals surface area contributed by atoms with Crippen molar-refractivity contribution in [3.8, 4) is 0 Å². The van der Waals surface area contributed by atoms with Gasteiger partial charge in [0.1, 0.15) is 0 Å². The molecule has 0 aliphatic carbocycles. The summed E-state index contributed by atoms with van der Waals surface area (Å²) in [6, 6.07) is 8.14. The second-order valence-electron chi connectivity index (χ2n) is 7.78. The third-order valence-electron chi connectivity index (χ3n) is 5.51. The lowest BCUT2D eigenvalue weighted by molar-refractivity contribution is -0.136. The molecule has 1 amide bonds. The van der Waals surface area contributed by atoms with Gasteiger partial charge in [-0.05, 0) is 43.5 Å². The summed E-state index contributed by atoms with van der Waals surface area (Å²) < 4.78 is 51.2. The number of carbonyl (C=O) groups excluding carboxylic acids is 1. The molecule has 0 saturated carbocycles. The Kier molecular flexibility index (Phi) is 5.70. The molecule has 6 nitrogen and oxygen atoms in total. The van der Waals surface area contributed by atoms with Gasteiger partial charge in [0.2, 0.25) is 0 Å². The topological polar surface area (TPSA) is 68.5 Å². The predicted molar refractivity (Wildman–Crippen MR) is 107 cm³/mol. The molecule has 9 heteroatoms. The zero-order valence-corrected chi connectivity index (χ0v) is 17.2. The Labute approximate surface area is 177 Å². The molecule has 0 unspecified atom stereocenters. The molecule has 1 aromatic carbocycles. The van der Waals surface area contributed by atoms with Gasteiger partial charge < -0.3 is 14.2 Å². The van der Waals surface area contributed by atoms with Gasteiger partial charge in [0.25, 0.3) is 11.6 Å². The average Bonchev–Trinajstić information content (AvgIpc) is 3.16. The van der Waals surface area contributed by atoms with Crippen LogP contribution in [0, 0.1) is 6.92 Å². The number of fused-ring (bicyclic) bond motifs is 1. The van der Waals surface area contributed by atoms with Crippen molar-refractivity contribution in [3.63, 3.8) is 0 Å². The number of rotatable bonds is 4. The van der Waals surface area contributed by atoms with Crippen LogP contribution in [0.15, 0.2) is 34.9 Å². The number of carbonyl (C=O) groups is 1. The lowest BCUT2D eigenvalue weighted by Crippen LogP contribution is -2.39. The molecule has 1 aliphatic heterocycles. The number of methoxy groups -OCH3 is 1. The molecule has 1 atom stereocenters. The standard InChI is InChI=1S/C22H22F3N3O3/c1-13-10-17(22(23,24)25)18-19(27-31-20(18)26-13)16-4-3-9-28(11-16)21(29)15-7-5-14(6-8-15)12-30-2/h5-8,10,16H,3-4,9,11-12H2,1-2H3/t16-/m1/s1. The minimum Gasteiger partial charge on any atom is -0.380 e. The van der Waals surface area contributed by atoms with E-state index >= 15 is 0 Å². The molecule has 2 aromatic heterocycles. The zero-order valence-electron chi connectivity index (χ0n) is 17.2. The fourth-order valence-corrected chi connectivity index (χ4v) is 4.08. The van der Waals surface area contributed by atoms with Crippen molar-refractivity contribution in [2.45, 2.75) is 38.5 Å². The molecule has 31 heavy (non-hydrogen) atoms. The zero-order chi connectivity index (χ0) is 22.2. The van der Waals surface area contributed by atoms with Crippen LogP contribution in [0.25, 0.3) is 11.1 Å². The molecule has 0 bridgehead atoms. The van der Waals surface area contributed by atoms with Crippen LogP contribution in [0.2, 0.25) is 0 Å². The number of likely N-dealkylation sites (tertiary alicyclic amines) is 1. The number of aromatic nitrogens is 2. The number of nitrogens with zero attached hydrogens (tertiary/aromatic N) is 3. The van der Waals surface area contributed by atoms with E-state index in [0.717, 1.165) is 11.6 Å². The summed E-state index contributed by atoms with van der Waals surface area (Å²) in [6.45, 7) is 2.74. The van der Waals surface area contributed by atoms with Crippen LogP contribution in [0.5, 0.6) is 0 Å². The summed E-state index contributed by atoms with van der Waals surface area (Å²) in [4.78, 5) is 18.7. The van der Waals surface area contributed by atoms with Crippen molar-refractivity contribution >= 4 is 17.0 Å². The van der Waals surface area contributed by atoms with Gasteiger partial charge in [-0.2, -0.15) is 13.2 Å². The third kappa shape index (κ3) is 4.27. The summed E-state index contributed by atoms with van der Waals surface area (Å²) in [7, 11) is 1.60. The van der Waals surface area contributed by atoms with E-state index in [1.54, 1.807) is 24.1 Å². The fourth-order valence-electron chi connectivity index (χ4n) is 4.08. The molecule has 0 spiro atoms. The van der Waals surface area contributed by atoms with E-state index in [1.807, 2.05) is 12.1 Å². The van der Waals surface area contributed by atoms with Gasteiger partial charge in [0.05, 0.1) is 23.3 Å². The van der Waals surface area contributed by atoms with Crippen molar-refractivity contribution in [3.05, 3.63) is 58.4 Å². The number of amides is 1. The lowest BCUT2D eigenvalue weighted by Gasteiger charge is -2.32. The maximum Gasteiger partial charge on any atom is 0.417 e. The highest BCUT2D eigenvalue weighted by Crippen LogP contribution is 2.40. The van der Waals surface area contributed by atoms with Crippen LogP contribution in [-0.2, 0) is 17.5 Å². The molecular weight excluding hydrogens is 411 g/mol. The molecule has 3 aromatic rings. The molecule has 1 aliphatic rings. The Hall–Kier alpha value is -2.94. The second-order valence-corrected chi connectivity index (χ2v) is 7.78. The van der Waals surface area contributed by atoms with E-state index in [2.05, 4.69) is 10.1 Å². The number of aryl methyl sites for hydroxylation is 1. The normalized spacial score (nSPS) is 17.3. The van der Waals surface area contributed by atoms with Crippen molar-refractivity contribution in [1.82, 2.24) is 15.0 Å². The third-order valence-corrected chi connectivity index (χ3v) is 5.51. The highest BCUT2D eigenvalue weighted by Gasteiger charge is 2.38. The number of hydrogen-bond donors (Lipinski definition) is 0. The summed E-state index contributed by atoms with van der Waals surface area (Å²) >= 11 is 0. The van der Waals surface area contributed by atoms with E-state index in [9.17, 15) is 18.0 Å². The molecule has 0 radical (unpaired) electrons. The molecule has 3 heterocycles. The smallest absolute Gasteiger partial charge is 0.380 e. The first-order chi connectivity index (χ1) is 14.8. The second kappa shape index (κ2) is 8.30. The first-order valence-electron chi connectivity index (χ1n) is 9.99. The Morgan fingerprint density at radius 1 is 1.29 bits per heavy atom. The minimum absolute atomic E-state index is 0.110. The highest BCUT2D eigenvalue weighted by atomic mass is 19.4. The summed E-state index contributed by atoms with van der Waals surface area (Å²) in [6.07, 6.45) is -3.28. The van der Waals surface area contributed by atoms with E-state index in [1.165, 1.54) is 6.92 Å². The van der Waals surface area contributed by atoms with Crippen molar-refractivity contribution in [2.24, 2.45) is 0 Å². The number of ether oxygens (including phenoxy) is 1. The number of pyridine rings is 1. The molecule has 1 fully saturated rings. The Bertz CT molecular complexity index is 1090. The maximum atomic E-state index is 13.7. The monoisotopic (exact) mass is 433 g/mol. The van der Waals surface area contributed by atoms with Crippen LogP contribution < -0.4 is 0 Å². The highest BCUT2D eigenvalue weighted by molar-refractivity contribution is 5.94. The average molecular weight is 433 g/mol.